The van der Waals surface area contributed by atoms with E-state index in [1.165, 1.54) is 24.3 Å². The topological polar surface area (TPSA) is 32.3 Å². The van der Waals surface area contributed by atoms with E-state index in [1.54, 1.807) is 0 Å². The molecule has 0 unspecified atom stereocenters. The Hall–Kier alpha value is -1.92. The van der Waals surface area contributed by atoms with E-state index in [2.05, 4.69) is 5.32 Å². The molecule has 1 aliphatic rings. The molecule has 0 aromatic heterocycles. The van der Waals surface area contributed by atoms with Crippen molar-refractivity contribution >= 4 is 40.5 Å². The smallest absolute Gasteiger partial charge is 0.370 e. The summed E-state index contributed by atoms with van der Waals surface area (Å²) in [6.07, 6.45) is -2.59. The van der Waals surface area contributed by atoms with E-state index in [9.17, 15) is 18.0 Å². The van der Waals surface area contributed by atoms with Crippen LogP contribution in [0, 0.1) is 0 Å². The van der Waals surface area contributed by atoms with Gasteiger partial charge in [0.2, 0.25) is 0 Å². The van der Waals surface area contributed by atoms with Crippen LogP contribution in [0.25, 0.3) is 0 Å². The number of amides is 1. The van der Waals surface area contributed by atoms with Crippen molar-refractivity contribution in [1.29, 1.82) is 0 Å². The first-order valence-corrected chi connectivity index (χ1v) is 8.74. The zero-order chi connectivity index (χ0) is 18.9. The van der Waals surface area contributed by atoms with Gasteiger partial charge in [-0.1, -0.05) is 23.2 Å². The second-order valence-electron chi connectivity index (χ2n) is 6.00. The molecule has 1 heterocycles. The molecule has 1 fully saturated rings. The highest BCUT2D eigenvalue weighted by molar-refractivity contribution is 6.37. The maximum Gasteiger partial charge on any atom is 0.416 e. The quantitative estimate of drug-likeness (QED) is 0.696. The van der Waals surface area contributed by atoms with Gasteiger partial charge in [0.05, 0.1) is 27.5 Å². The highest BCUT2D eigenvalue weighted by Gasteiger charge is 2.32. The van der Waals surface area contributed by atoms with Crippen molar-refractivity contribution in [3.05, 3.63) is 57.6 Å². The average Bonchev–Trinajstić information content (AvgIpc) is 3.08. The molecule has 1 N–H and O–H groups in total. The molecule has 2 aromatic carbocycles. The first-order valence-electron chi connectivity index (χ1n) is 7.98. The maximum absolute atomic E-state index is 13.1. The van der Waals surface area contributed by atoms with Crippen LogP contribution in [-0.2, 0) is 6.18 Å². The van der Waals surface area contributed by atoms with Crippen molar-refractivity contribution in [2.24, 2.45) is 0 Å². The predicted octanol–water partition coefficient (Wildman–Crippen LogP) is 5.86. The largest absolute Gasteiger partial charge is 0.416 e. The number of carbonyl (C=O) groups excluding carboxylic acids is 1. The molecule has 0 saturated carbocycles. The van der Waals surface area contributed by atoms with Gasteiger partial charge < -0.3 is 10.2 Å². The Balaban J connectivity index is 1.96. The summed E-state index contributed by atoms with van der Waals surface area (Å²) >= 11 is 11.8. The Morgan fingerprint density at radius 1 is 1.04 bits per heavy atom. The van der Waals surface area contributed by atoms with Crippen LogP contribution in [0.15, 0.2) is 36.4 Å². The second-order valence-corrected chi connectivity index (χ2v) is 6.85. The Morgan fingerprint density at radius 2 is 1.73 bits per heavy atom. The molecule has 0 spiro atoms. The molecule has 26 heavy (non-hydrogen) atoms. The predicted molar refractivity (Wildman–Crippen MR) is 97.3 cm³/mol. The zero-order valence-corrected chi connectivity index (χ0v) is 15.0. The minimum atomic E-state index is -4.50. The van der Waals surface area contributed by atoms with E-state index >= 15 is 0 Å². The molecule has 3 rings (SSSR count). The number of benzene rings is 2. The standard InChI is InChI=1S/C18H15Cl2F3N2O/c19-12-4-5-13(14(20)10-12)17(26)24-15-9-11(18(21,22)23)3-6-16(15)25-7-1-2-8-25/h3-6,9-10H,1-2,7-8H2,(H,24,26). The minimum absolute atomic E-state index is 0.109. The van der Waals surface area contributed by atoms with Gasteiger partial charge in [-0.05, 0) is 49.2 Å². The molecular weight excluding hydrogens is 388 g/mol. The van der Waals surface area contributed by atoms with Crippen molar-refractivity contribution in [2.75, 3.05) is 23.3 Å². The number of alkyl halides is 3. The summed E-state index contributed by atoms with van der Waals surface area (Å²) in [6, 6.07) is 7.71. The van der Waals surface area contributed by atoms with Crippen LogP contribution < -0.4 is 10.2 Å². The normalized spacial score (nSPS) is 14.6. The Kier molecular flexibility index (Phi) is 5.34. The van der Waals surface area contributed by atoms with E-state index in [0.29, 0.717) is 10.7 Å². The molecule has 0 atom stereocenters. The second kappa shape index (κ2) is 7.37. The molecule has 0 aliphatic carbocycles. The van der Waals surface area contributed by atoms with Crippen LogP contribution in [0.1, 0.15) is 28.8 Å². The monoisotopic (exact) mass is 402 g/mol. The number of hydrogen-bond donors (Lipinski definition) is 1. The SMILES string of the molecule is O=C(Nc1cc(C(F)(F)F)ccc1N1CCCC1)c1ccc(Cl)cc1Cl. The lowest BCUT2D eigenvalue weighted by Gasteiger charge is -2.23. The van der Waals surface area contributed by atoms with Gasteiger partial charge in [0.25, 0.3) is 5.91 Å². The van der Waals surface area contributed by atoms with Crippen LogP contribution in [0.2, 0.25) is 10.0 Å². The van der Waals surface area contributed by atoms with E-state index in [4.69, 9.17) is 23.2 Å². The highest BCUT2D eigenvalue weighted by Crippen LogP contribution is 2.37. The van der Waals surface area contributed by atoms with Crippen molar-refractivity contribution in [2.45, 2.75) is 19.0 Å². The van der Waals surface area contributed by atoms with Crippen LogP contribution in [0.4, 0.5) is 24.5 Å². The molecule has 8 heteroatoms. The van der Waals surface area contributed by atoms with Gasteiger partial charge in [0, 0.05) is 18.1 Å². The number of nitrogens with zero attached hydrogens (tertiary/aromatic N) is 1. The van der Waals surface area contributed by atoms with Crippen molar-refractivity contribution in [1.82, 2.24) is 0 Å². The van der Waals surface area contributed by atoms with Crippen molar-refractivity contribution < 1.29 is 18.0 Å². The third-order valence-corrected chi connectivity index (χ3v) is 4.74. The van der Waals surface area contributed by atoms with Crippen molar-refractivity contribution in [3.8, 4) is 0 Å². The van der Waals surface area contributed by atoms with Crippen molar-refractivity contribution in [3.63, 3.8) is 0 Å². The highest BCUT2D eigenvalue weighted by atomic mass is 35.5. The lowest BCUT2D eigenvalue weighted by atomic mass is 10.1. The third-order valence-electron chi connectivity index (χ3n) is 4.19. The van der Waals surface area contributed by atoms with Gasteiger partial charge in [-0.25, -0.2) is 0 Å². The van der Waals surface area contributed by atoms with Crippen LogP contribution in [-0.4, -0.2) is 19.0 Å². The number of anilines is 2. The minimum Gasteiger partial charge on any atom is -0.370 e. The van der Waals surface area contributed by atoms with Gasteiger partial charge in [-0.2, -0.15) is 13.2 Å². The van der Waals surface area contributed by atoms with Crippen LogP contribution in [0.3, 0.4) is 0 Å². The van der Waals surface area contributed by atoms with Gasteiger partial charge in [0.1, 0.15) is 0 Å². The molecule has 1 amide bonds. The summed E-state index contributed by atoms with van der Waals surface area (Å²) in [5.41, 5.74) is -0.00882. The summed E-state index contributed by atoms with van der Waals surface area (Å²) in [5.74, 6) is -0.591. The molecule has 3 nitrogen and oxygen atoms in total. The van der Waals surface area contributed by atoms with Gasteiger partial charge in [-0.15, -0.1) is 0 Å². The molecule has 2 aromatic rings. The molecule has 0 bridgehead atoms. The summed E-state index contributed by atoms with van der Waals surface area (Å²) in [4.78, 5) is 14.5. The number of halogens is 5. The van der Waals surface area contributed by atoms with E-state index < -0.39 is 17.6 Å². The van der Waals surface area contributed by atoms with Gasteiger partial charge in [-0.3, -0.25) is 4.79 Å². The van der Waals surface area contributed by atoms with Gasteiger partial charge in [0.15, 0.2) is 0 Å². The summed E-state index contributed by atoms with van der Waals surface area (Å²) in [7, 11) is 0. The fourth-order valence-corrected chi connectivity index (χ4v) is 3.40. The lowest BCUT2D eigenvalue weighted by molar-refractivity contribution is -0.137. The maximum atomic E-state index is 13.1. The molecular formula is C18H15Cl2F3N2O. The number of nitrogens with one attached hydrogen (secondary N) is 1. The van der Waals surface area contributed by atoms with Crippen LogP contribution in [0.5, 0.6) is 0 Å². The first-order chi connectivity index (χ1) is 12.3. The number of hydrogen-bond acceptors (Lipinski definition) is 2. The third kappa shape index (κ3) is 4.07. The number of rotatable bonds is 3. The Morgan fingerprint density at radius 3 is 2.35 bits per heavy atom. The molecule has 1 aliphatic heterocycles. The van der Waals surface area contributed by atoms with E-state index in [1.807, 2.05) is 4.90 Å². The summed E-state index contributed by atoms with van der Waals surface area (Å²) in [5, 5.41) is 3.06. The fraction of sp³-hybridized carbons (Fsp3) is 0.278. The van der Waals surface area contributed by atoms with E-state index in [-0.39, 0.29) is 16.3 Å². The molecule has 138 valence electrons. The molecule has 1 saturated heterocycles. The fourth-order valence-electron chi connectivity index (χ4n) is 2.91. The molecule has 0 radical (unpaired) electrons. The Labute approximate surface area is 158 Å². The number of carbonyl (C=O) groups is 1. The summed E-state index contributed by atoms with van der Waals surface area (Å²) < 4.78 is 39.3. The average molecular weight is 403 g/mol. The first kappa shape index (κ1) is 18.9. The lowest BCUT2D eigenvalue weighted by Crippen LogP contribution is -2.22. The van der Waals surface area contributed by atoms with Gasteiger partial charge >= 0.3 is 6.18 Å². The zero-order valence-electron chi connectivity index (χ0n) is 13.5. The summed E-state index contributed by atoms with van der Waals surface area (Å²) in [6.45, 7) is 1.46. The van der Waals surface area contributed by atoms with E-state index in [0.717, 1.165) is 38.1 Å². The van der Waals surface area contributed by atoms with Crippen LogP contribution >= 0.6 is 23.2 Å². The Bertz CT molecular complexity index is 834.